The van der Waals surface area contributed by atoms with Gasteiger partial charge in [0.25, 0.3) is 5.69 Å². The fourth-order valence-electron chi connectivity index (χ4n) is 1.98. The molecule has 3 rings (SSSR count). The number of benzene rings is 2. The van der Waals surface area contributed by atoms with Crippen LogP contribution in [0.4, 0.5) is 5.69 Å². The van der Waals surface area contributed by atoms with E-state index in [1.54, 1.807) is 6.07 Å². The average molecular weight is 279 g/mol. The van der Waals surface area contributed by atoms with Crippen molar-refractivity contribution in [2.75, 3.05) is 0 Å². The molecule has 0 aliphatic carbocycles. The van der Waals surface area contributed by atoms with Gasteiger partial charge >= 0.3 is 0 Å². The van der Waals surface area contributed by atoms with E-state index < -0.39 is 4.92 Å². The summed E-state index contributed by atoms with van der Waals surface area (Å²) in [5.41, 5.74) is 1.20. The number of hydrogen-bond acceptors (Lipinski definition) is 5. The second-order valence-electron chi connectivity index (χ2n) is 4.42. The first-order valence-electron chi connectivity index (χ1n) is 6.17. The van der Waals surface area contributed by atoms with Crippen LogP contribution in [0.15, 0.2) is 54.6 Å². The largest absolute Gasteiger partial charge is 0.287 e. The Kier molecular flexibility index (Phi) is 3.12. The molecule has 0 unspecified atom stereocenters. The molecule has 6 nitrogen and oxygen atoms in total. The van der Waals surface area contributed by atoms with Gasteiger partial charge in [0.1, 0.15) is 5.69 Å². The lowest BCUT2D eigenvalue weighted by atomic mass is 10.1. The maximum Gasteiger partial charge on any atom is 0.269 e. The van der Waals surface area contributed by atoms with Crippen molar-refractivity contribution in [2.24, 2.45) is 0 Å². The highest BCUT2D eigenvalue weighted by atomic mass is 16.6. The predicted molar refractivity (Wildman–Crippen MR) is 76.1 cm³/mol. The number of carbonyl (C=O) groups excluding carboxylic acids is 1. The topological polar surface area (TPSA) is 86.0 Å². The number of hydrogen-bond donors (Lipinski definition) is 0. The van der Waals surface area contributed by atoms with E-state index in [0.717, 1.165) is 5.39 Å². The number of carbonyl (C=O) groups is 1. The van der Waals surface area contributed by atoms with Crippen molar-refractivity contribution >= 4 is 22.4 Å². The summed E-state index contributed by atoms with van der Waals surface area (Å²) >= 11 is 0. The molecule has 0 N–H and O–H groups in total. The number of nitro groups is 1. The molecule has 0 spiro atoms. The fraction of sp³-hybridized carbons (Fsp3) is 0. The van der Waals surface area contributed by atoms with Gasteiger partial charge in [-0.25, -0.2) is 0 Å². The number of non-ortho nitro benzene ring substituents is 1. The molecule has 1 heterocycles. The molecule has 2 aromatic carbocycles. The van der Waals surface area contributed by atoms with Gasteiger partial charge < -0.3 is 0 Å². The monoisotopic (exact) mass is 279 g/mol. The van der Waals surface area contributed by atoms with Crippen molar-refractivity contribution in [1.82, 2.24) is 10.2 Å². The van der Waals surface area contributed by atoms with Crippen LogP contribution in [0.25, 0.3) is 10.9 Å². The standard InChI is InChI=1S/C15H9N3O3/c19-15(10-5-7-12(8-6-10)18(20)21)14-9-11-3-1-2-4-13(11)16-17-14/h1-9H. The molecule has 0 radical (unpaired) electrons. The average Bonchev–Trinajstić information content (AvgIpc) is 2.54. The van der Waals surface area contributed by atoms with Crippen LogP contribution >= 0.6 is 0 Å². The zero-order chi connectivity index (χ0) is 14.8. The Balaban J connectivity index is 1.97. The van der Waals surface area contributed by atoms with Crippen LogP contribution in [0.5, 0.6) is 0 Å². The van der Waals surface area contributed by atoms with E-state index in [9.17, 15) is 14.9 Å². The molecule has 21 heavy (non-hydrogen) atoms. The lowest BCUT2D eigenvalue weighted by Crippen LogP contribution is -2.05. The minimum atomic E-state index is -0.510. The maximum atomic E-state index is 12.3. The Morgan fingerprint density at radius 3 is 2.43 bits per heavy atom. The van der Waals surface area contributed by atoms with Gasteiger partial charge in [0.15, 0.2) is 0 Å². The van der Waals surface area contributed by atoms with Crippen LogP contribution in [0.3, 0.4) is 0 Å². The van der Waals surface area contributed by atoms with Crippen molar-refractivity contribution in [3.8, 4) is 0 Å². The van der Waals surface area contributed by atoms with Gasteiger partial charge in [-0.2, -0.15) is 0 Å². The van der Waals surface area contributed by atoms with Gasteiger partial charge in [0.05, 0.1) is 10.4 Å². The lowest BCUT2D eigenvalue weighted by Gasteiger charge is -2.01. The predicted octanol–water partition coefficient (Wildman–Crippen LogP) is 2.77. The van der Waals surface area contributed by atoms with Gasteiger partial charge in [0.2, 0.25) is 5.78 Å². The van der Waals surface area contributed by atoms with Gasteiger partial charge in [-0.1, -0.05) is 18.2 Å². The van der Waals surface area contributed by atoms with Crippen LogP contribution in [0.2, 0.25) is 0 Å². The smallest absolute Gasteiger partial charge is 0.269 e. The number of fused-ring (bicyclic) bond motifs is 1. The summed E-state index contributed by atoms with van der Waals surface area (Å²) in [5.74, 6) is -0.317. The summed E-state index contributed by atoms with van der Waals surface area (Å²) in [5, 5.41) is 19.3. The molecular formula is C15H9N3O3. The molecule has 0 atom stereocenters. The van der Waals surface area contributed by atoms with Gasteiger partial charge in [-0.05, 0) is 24.3 Å². The Hall–Kier alpha value is -3.15. The van der Waals surface area contributed by atoms with Crippen LogP contribution in [-0.2, 0) is 0 Å². The highest BCUT2D eigenvalue weighted by molar-refractivity contribution is 6.08. The van der Waals surface area contributed by atoms with Crippen LogP contribution in [0, 0.1) is 10.1 Å². The zero-order valence-electron chi connectivity index (χ0n) is 10.8. The second kappa shape index (κ2) is 5.09. The number of aromatic nitrogens is 2. The van der Waals surface area contributed by atoms with Crippen LogP contribution in [0.1, 0.15) is 16.1 Å². The summed E-state index contributed by atoms with van der Waals surface area (Å²) in [6.07, 6.45) is 0. The van der Waals surface area contributed by atoms with Gasteiger partial charge in [0, 0.05) is 23.1 Å². The third-order valence-electron chi connectivity index (χ3n) is 3.07. The van der Waals surface area contributed by atoms with Crippen molar-refractivity contribution in [2.45, 2.75) is 0 Å². The van der Waals surface area contributed by atoms with E-state index in [-0.39, 0.29) is 17.2 Å². The first kappa shape index (κ1) is 12.9. The highest BCUT2D eigenvalue weighted by Crippen LogP contribution is 2.16. The normalized spacial score (nSPS) is 10.5. The van der Waals surface area contributed by atoms with E-state index in [1.165, 1.54) is 24.3 Å². The lowest BCUT2D eigenvalue weighted by molar-refractivity contribution is -0.384. The number of ketones is 1. The first-order valence-corrected chi connectivity index (χ1v) is 6.17. The zero-order valence-corrected chi connectivity index (χ0v) is 10.8. The maximum absolute atomic E-state index is 12.3. The summed E-state index contributed by atoms with van der Waals surface area (Å²) in [6, 6.07) is 14.4. The summed E-state index contributed by atoms with van der Waals surface area (Å²) in [7, 11) is 0. The Labute approximate surface area is 119 Å². The molecular weight excluding hydrogens is 270 g/mol. The van der Waals surface area contributed by atoms with Crippen LogP contribution < -0.4 is 0 Å². The second-order valence-corrected chi connectivity index (χ2v) is 4.42. The third kappa shape index (κ3) is 2.46. The number of nitro benzene ring substituents is 1. The van der Waals surface area contributed by atoms with Crippen molar-refractivity contribution in [3.05, 3.63) is 76.0 Å². The molecule has 1 aromatic heterocycles. The Morgan fingerprint density at radius 2 is 1.71 bits per heavy atom. The van der Waals surface area contributed by atoms with Gasteiger partial charge in [-0.15, -0.1) is 10.2 Å². The van der Waals surface area contributed by atoms with E-state index in [4.69, 9.17) is 0 Å². The molecule has 0 saturated heterocycles. The minimum Gasteiger partial charge on any atom is -0.287 e. The molecule has 102 valence electrons. The summed E-state index contributed by atoms with van der Waals surface area (Å²) < 4.78 is 0. The van der Waals surface area contributed by atoms with E-state index in [2.05, 4.69) is 10.2 Å². The molecule has 0 aliphatic rings. The highest BCUT2D eigenvalue weighted by Gasteiger charge is 2.13. The molecule has 6 heteroatoms. The van der Waals surface area contributed by atoms with Crippen LogP contribution in [-0.4, -0.2) is 20.9 Å². The Morgan fingerprint density at radius 1 is 1.00 bits per heavy atom. The molecule has 3 aromatic rings. The SMILES string of the molecule is O=C(c1ccc([N+](=O)[O-])cc1)c1cc2ccccc2nn1. The Bertz CT molecular complexity index is 844. The number of rotatable bonds is 3. The molecule has 0 fully saturated rings. The number of nitrogens with zero attached hydrogens (tertiary/aromatic N) is 3. The molecule has 0 amide bonds. The minimum absolute atomic E-state index is 0.0591. The van der Waals surface area contributed by atoms with E-state index >= 15 is 0 Å². The van der Waals surface area contributed by atoms with Gasteiger partial charge in [-0.3, -0.25) is 14.9 Å². The summed E-state index contributed by atoms with van der Waals surface area (Å²) in [4.78, 5) is 22.4. The van der Waals surface area contributed by atoms with Crippen molar-refractivity contribution < 1.29 is 9.72 Å². The quantitative estimate of drug-likeness (QED) is 0.418. The van der Waals surface area contributed by atoms with E-state index in [0.29, 0.717) is 11.1 Å². The molecule has 0 saturated carbocycles. The third-order valence-corrected chi connectivity index (χ3v) is 3.07. The molecule has 0 aliphatic heterocycles. The van der Waals surface area contributed by atoms with Crippen molar-refractivity contribution in [3.63, 3.8) is 0 Å². The van der Waals surface area contributed by atoms with E-state index in [1.807, 2.05) is 24.3 Å². The molecule has 0 bridgehead atoms. The fourth-order valence-corrected chi connectivity index (χ4v) is 1.98. The first-order chi connectivity index (χ1) is 10.1. The summed E-state index contributed by atoms with van der Waals surface area (Å²) in [6.45, 7) is 0. The van der Waals surface area contributed by atoms with Crippen molar-refractivity contribution in [1.29, 1.82) is 0 Å².